The molecule has 0 radical (unpaired) electrons. The van der Waals surface area contributed by atoms with Crippen LogP contribution in [0.3, 0.4) is 0 Å². The monoisotopic (exact) mass is 404 g/mol. The predicted molar refractivity (Wildman–Crippen MR) is 114 cm³/mol. The highest BCUT2D eigenvalue weighted by Gasteiger charge is 2.15. The molecule has 0 aliphatic carbocycles. The number of esters is 1. The van der Waals surface area contributed by atoms with E-state index in [1.165, 1.54) is 14.2 Å². The molecule has 0 saturated heterocycles. The minimum absolute atomic E-state index is 0.362. The summed E-state index contributed by atoms with van der Waals surface area (Å²) < 4.78 is 15.5. The lowest BCUT2D eigenvalue weighted by Gasteiger charge is -2.10. The number of rotatable bonds is 6. The van der Waals surface area contributed by atoms with Gasteiger partial charge in [-0.1, -0.05) is 30.3 Å². The molecule has 0 aliphatic rings. The number of hydrogen-bond donors (Lipinski definition) is 1. The van der Waals surface area contributed by atoms with Gasteiger partial charge in [-0.05, 0) is 35.0 Å². The zero-order valence-electron chi connectivity index (χ0n) is 16.8. The zero-order valence-corrected chi connectivity index (χ0v) is 16.8. The lowest BCUT2D eigenvalue weighted by molar-refractivity contribution is -0.686. The fraction of sp³-hybridized carbons (Fsp3) is 0.167. The number of hydrogen-bond acceptors (Lipinski definition) is 5. The number of ether oxygens (including phenoxy) is 2. The Bertz CT molecular complexity index is 1290. The number of carbonyl (C=O) groups is 1. The number of nitrogens with two attached hydrogens (primary N) is 1. The Morgan fingerprint density at radius 2 is 1.83 bits per heavy atom. The van der Waals surface area contributed by atoms with Gasteiger partial charge in [-0.25, -0.2) is 9.59 Å². The highest BCUT2D eigenvalue weighted by Crippen LogP contribution is 2.27. The SMILES string of the molecule is COC(=O)c1cc(C[NH2+]Cc2cc(=O)oc3ccc4ccccc4c23)ccc1OC. The highest BCUT2D eigenvalue weighted by atomic mass is 16.5. The third-order valence-electron chi connectivity index (χ3n) is 5.13. The smallest absolute Gasteiger partial charge is 0.341 e. The van der Waals surface area contributed by atoms with Gasteiger partial charge in [-0.2, -0.15) is 0 Å². The van der Waals surface area contributed by atoms with Crippen LogP contribution < -0.4 is 15.7 Å². The number of fused-ring (bicyclic) bond motifs is 3. The molecule has 0 spiro atoms. The van der Waals surface area contributed by atoms with Crippen molar-refractivity contribution in [1.82, 2.24) is 0 Å². The van der Waals surface area contributed by atoms with Crippen LogP contribution in [0.1, 0.15) is 21.5 Å². The molecule has 0 fully saturated rings. The lowest BCUT2D eigenvalue weighted by Crippen LogP contribution is -2.80. The number of quaternary nitrogens is 1. The summed E-state index contributed by atoms with van der Waals surface area (Å²) in [7, 11) is 2.86. The molecular formula is C24H22NO5+. The molecule has 1 aromatic heterocycles. The van der Waals surface area contributed by atoms with E-state index < -0.39 is 5.97 Å². The van der Waals surface area contributed by atoms with Crippen molar-refractivity contribution in [3.05, 3.63) is 87.8 Å². The topological polar surface area (TPSA) is 82.4 Å². The average Bonchev–Trinajstić information content (AvgIpc) is 2.77. The maximum atomic E-state index is 12.1. The molecule has 0 aliphatic heterocycles. The summed E-state index contributed by atoms with van der Waals surface area (Å²) in [6, 6.07) is 18.8. The van der Waals surface area contributed by atoms with Crippen molar-refractivity contribution < 1.29 is 24.0 Å². The quantitative estimate of drug-likeness (QED) is 0.303. The van der Waals surface area contributed by atoms with Crippen molar-refractivity contribution in [2.75, 3.05) is 14.2 Å². The molecule has 4 rings (SSSR count). The molecule has 6 nitrogen and oxygen atoms in total. The summed E-state index contributed by atoms with van der Waals surface area (Å²) in [6.45, 7) is 1.22. The summed E-state index contributed by atoms with van der Waals surface area (Å²) >= 11 is 0. The van der Waals surface area contributed by atoms with Crippen LogP contribution in [0.5, 0.6) is 5.75 Å². The molecule has 2 N–H and O–H groups in total. The van der Waals surface area contributed by atoms with Gasteiger partial charge in [0.15, 0.2) is 0 Å². The Kier molecular flexibility index (Phi) is 5.50. The second-order valence-electron chi connectivity index (χ2n) is 6.97. The highest BCUT2D eigenvalue weighted by molar-refractivity contribution is 6.06. The van der Waals surface area contributed by atoms with Gasteiger partial charge in [0.2, 0.25) is 0 Å². The van der Waals surface area contributed by atoms with Gasteiger partial charge in [0.25, 0.3) is 0 Å². The third-order valence-corrected chi connectivity index (χ3v) is 5.13. The first-order valence-corrected chi connectivity index (χ1v) is 9.62. The van der Waals surface area contributed by atoms with Crippen molar-refractivity contribution in [1.29, 1.82) is 0 Å². The minimum Gasteiger partial charge on any atom is -0.496 e. The second-order valence-corrected chi connectivity index (χ2v) is 6.97. The molecule has 30 heavy (non-hydrogen) atoms. The summed E-state index contributed by atoms with van der Waals surface area (Å²) in [5.74, 6) is 0.0376. The van der Waals surface area contributed by atoms with Crippen LogP contribution >= 0.6 is 0 Å². The molecule has 152 valence electrons. The van der Waals surface area contributed by atoms with Gasteiger partial charge < -0.3 is 19.2 Å². The van der Waals surface area contributed by atoms with Gasteiger partial charge in [0.05, 0.1) is 14.2 Å². The first-order valence-electron chi connectivity index (χ1n) is 9.62. The largest absolute Gasteiger partial charge is 0.496 e. The Morgan fingerprint density at radius 3 is 2.63 bits per heavy atom. The fourth-order valence-electron chi connectivity index (χ4n) is 3.73. The van der Waals surface area contributed by atoms with E-state index in [9.17, 15) is 9.59 Å². The summed E-state index contributed by atoms with van der Waals surface area (Å²) in [4.78, 5) is 24.0. The van der Waals surface area contributed by atoms with Crippen LogP contribution in [-0.2, 0) is 17.8 Å². The summed E-state index contributed by atoms with van der Waals surface area (Å²) in [5, 5.41) is 5.19. The fourth-order valence-corrected chi connectivity index (χ4v) is 3.73. The van der Waals surface area contributed by atoms with Crippen molar-refractivity contribution >= 4 is 27.7 Å². The van der Waals surface area contributed by atoms with E-state index >= 15 is 0 Å². The Hall–Kier alpha value is -3.64. The van der Waals surface area contributed by atoms with E-state index in [1.54, 1.807) is 18.2 Å². The molecule has 1 heterocycles. The molecule has 0 amide bonds. The number of benzene rings is 3. The Morgan fingerprint density at radius 1 is 1.00 bits per heavy atom. The van der Waals surface area contributed by atoms with E-state index in [0.29, 0.717) is 30.0 Å². The summed E-state index contributed by atoms with van der Waals surface area (Å²) in [6.07, 6.45) is 0. The van der Waals surface area contributed by atoms with E-state index in [0.717, 1.165) is 27.3 Å². The normalized spacial score (nSPS) is 11.0. The molecule has 0 atom stereocenters. The lowest BCUT2D eigenvalue weighted by atomic mass is 10.0. The molecular weight excluding hydrogens is 382 g/mol. The van der Waals surface area contributed by atoms with Crippen LogP contribution in [0.25, 0.3) is 21.7 Å². The van der Waals surface area contributed by atoms with Gasteiger partial charge in [-0.15, -0.1) is 0 Å². The van der Waals surface area contributed by atoms with Gasteiger partial charge in [-0.3, -0.25) is 0 Å². The first-order chi connectivity index (χ1) is 14.6. The third kappa shape index (κ3) is 3.77. The Labute approximate surface area is 173 Å². The molecule has 0 unspecified atom stereocenters. The second kappa shape index (κ2) is 8.39. The van der Waals surface area contributed by atoms with Gasteiger partial charge in [0, 0.05) is 22.6 Å². The van der Waals surface area contributed by atoms with Crippen LogP contribution in [0, 0.1) is 0 Å². The zero-order chi connectivity index (χ0) is 21.1. The van der Waals surface area contributed by atoms with E-state index in [1.807, 2.05) is 42.5 Å². The van der Waals surface area contributed by atoms with Crippen LogP contribution in [0.15, 0.2) is 69.9 Å². The molecule has 0 saturated carbocycles. The molecule has 3 aromatic carbocycles. The predicted octanol–water partition coefficient (Wildman–Crippen LogP) is 3.01. The van der Waals surface area contributed by atoms with Crippen LogP contribution in [-0.4, -0.2) is 20.2 Å². The van der Waals surface area contributed by atoms with Crippen molar-refractivity contribution in [2.45, 2.75) is 13.1 Å². The minimum atomic E-state index is -0.438. The van der Waals surface area contributed by atoms with Gasteiger partial charge >= 0.3 is 11.6 Å². The summed E-state index contributed by atoms with van der Waals surface area (Å²) in [5.41, 5.74) is 2.48. The first kappa shape index (κ1) is 19.7. The average molecular weight is 404 g/mol. The number of methoxy groups -OCH3 is 2. The standard InChI is InChI=1S/C24H21NO5/c1-28-20-9-7-15(11-19(20)24(27)29-2)13-25-14-17-12-22(26)30-21-10-8-16-5-3-4-6-18(16)23(17)21/h3-12,25H,13-14H2,1-2H3/p+1. The van der Waals surface area contributed by atoms with Crippen molar-refractivity contribution in [2.24, 2.45) is 0 Å². The van der Waals surface area contributed by atoms with E-state index in [4.69, 9.17) is 13.9 Å². The van der Waals surface area contributed by atoms with Crippen LogP contribution in [0.4, 0.5) is 0 Å². The Balaban J connectivity index is 1.62. The van der Waals surface area contributed by atoms with Crippen molar-refractivity contribution in [3.63, 3.8) is 0 Å². The van der Waals surface area contributed by atoms with Crippen LogP contribution in [0.2, 0.25) is 0 Å². The van der Waals surface area contributed by atoms with E-state index in [2.05, 4.69) is 5.32 Å². The molecule has 0 bridgehead atoms. The molecule has 4 aromatic rings. The maximum Gasteiger partial charge on any atom is 0.341 e. The van der Waals surface area contributed by atoms with E-state index in [-0.39, 0.29) is 5.63 Å². The van der Waals surface area contributed by atoms with Crippen molar-refractivity contribution in [3.8, 4) is 5.75 Å². The number of carbonyl (C=O) groups excluding carboxylic acids is 1. The maximum absolute atomic E-state index is 12.1. The molecule has 6 heteroatoms. The van der Waals surface area contributed by atoms with Gasteiger partial charge in [0.1, 0.15) is 30.0 Å².